The van der Waals surface area contributed by atoms with Gasteiger partial charge in [0.2, 0.25) is 0 Å². The molecule has 2 aromatic carbocycles. The topological polar surface area (TPSA) is 37.4 Å². The maximum absolute atomic E-state index is 13.3. The number of rotatable bonds is 4. The van der Waals surface area contributed by atoms with Crippen LogP contribution in [0, 0.1) is 11.6 Å². The lowest BCUT2D eigenvalue weighted by Gasteiger charge is -2.25. The highest BCUT2D eigenvalue weighted by atomic mass is 32.2. The molecule has 122 valence electrons. The van der Waals surface area contributed by atoms with E-state index < -0.39 is 28.5 Å². The quantitative estimate of drug-likeness (QED) is 0.856. The van der Waals surface area contributed by atoms with Gasteiger partial charge in [0.05, 0.1) is 6.04 Å². The van der Waals surface area contributed by atoms with E-state index in [-0.39, 0.29) is 5.91 Å². The highest BCUT2D eigenvalue weighted by Crippen LogP contribution is 2.22. The van der Waals surface area contributed by atoms with Gasteiger partial charge in [-0.25, -0.2) is 8.78 Å². The molecule has 6 heteroatoms. The van der Waals surface area contributed by atoms with Crippen LogP contribution in [0.1, 0.15) is 28.9 Å². The Kier molecular flexibility index (Phi) is 5.26. The zero-order valence-electron chi connectivity index (χ0n) is 13.0. The molecule has 1 amide bonds. The van der Waals surface area contributed by atoms with Gasteiger partial charge in [-0.15, -0.1) is 0 Å². The molecule has 3 nitrogen and oxygen atoms in total. The van der Waals surface area contributed by atoms with Crippen molar-refractivity contribution in [3.05, 3.63) is 65.2 Å². The van der Waals surface area contributed by atoms with Crippen molar-refractivity contribution in [3.63, 3.8) is 0 Å². The van der Waals surface area contributed by atoms with Crippen LogP contribution in [0.15, 0.2) is 47.4 Å². The van der Waals surface area contributed by atoms with E-state index in [0.717, 1.165) is 12.1 Å². The molecule has 0 heterocycles. The predicted octanol–water partition coefficient (Wildman–Crippen LogP) is 3.54. The van der Waals surface area contributed by atoms with E-state index in [9.17, 15) is 17.8 Å². The molecule has 2 rings (SSSR count). The van der Waals surface area contributed by atoms with E-state index in [1.165, 1.54) is 11.0 Å². The third-order valence-corrected chi connectivity index (χ3v) is 4.70. The highest BCUT2D eigenvalue weighted by molar-refractivity contribution is 7.84. The minimum atomic E-state index is -1.11. The summed E-state index contributed by atoms with van der Waals surface area (Å²) in [5.74, 6) is -2.11. The lowest BCUT2D eigenvalue weighted by Crippen LogP contribution is -2.29. The first kappa shape index (κ1) is 17.3. The first-order chi connectivity index (χ1) is 10.8. The second kappa shape index (κ2) is 7.00. The van der Waals surface area contributed by atoms with Crippen molar-refractivity contribution in [2.24, 2.45) is 0 Å². The first-order valence-electron chi connectivity index (χ1n) is 6.97. The fourth-order valence-corrected chi connectivity index (χ4v) is 2.68. The molecular weight excluding hydrogens is 320 g/mol. The number of halogens is 2. The van der Waals surface area contributed by atoms with Crippen LogP contribution >= 0.6 is 0 Å². The molecule has 0 N–H and O–H groups in total. The Bertz CT molecular complexity index is 747. The van der Waals surface area contributed by atoms with Crippen molar-refractivity contribution in [2.75, 3.05) is 13.3 Å². The molecule has 2 unspecified atom stereocenters. The predicted molar refractivity (Wildman–Crippen MR) is 85.6 cm³/mol. The molecule has 23 heavy (non-hydrogen) atoms. The summed E-state index contributed by atoms with van der Waals surface area (Å²) in [5.41, 5.74) is 0.946. The summed E-state index contributed by atoms with van der Waals surface area (Å²) >= 11 is 0. The third kappa shape index (κ3) is 3.82. The van der Waals surface area contributed by atoms with Crippen LogP contribution in [0.5, 0.6) is 0 Å². The van der Waals surface area contributed by atoms with Crippen molar-refractivity contribution in [1.29, 1.82) is 0 Å². The Hall–Kier alpha value is -2.08. The van der Waals surface area contributed by atoms with Crippen molar-refractivity contribution in [1.82, 2.24) is 4.90 Å². The van der Waals surface area contributed by atoms with E-state index in [0.29, 0.717) is 16.0 Å². The van der Waals surface area contributed by atoms with Crippen LogP contribution in [-0.4, -0.2) is 28.3 Å². The summed E-state index contributed by atoms with van der Waals surface area (Å²) in [5, 5.41) is 0. The average Bonchev–Trinajstić information content (AvgIpc) is 2.55. The Morgan fingerprint density at radius 2 is 1.70 bits per heavy atom. The van der Waals surface area contributed by atoms with E-state index >= 15 is 0 Å². The van der Waals surface area contributed by atoms with Crippen LogP contribution in [-0.2, 0) is 10.8 Å². The number of hydrogen-bond acceptors (Lipinski definition) is 2. The van der Waals surface area contributed by atoms with Gasteiger partial charge in [-0.3, -0.25) is 9.00 Å². The molecule has 0 spiro atoms. The molecule has 0 aliphatic rings. The van der Waals surface area contributed by atoms with Gasteiger partial charge in [0, 0.05) is 34.6 Å². The zero-order chi connectivity index (χ0) is 17.1. The van der Waals surface area contributed by atoms with Crippen LogP contribution in [0.25, 0.3) is 0 Å². The Labute approximate surface area is 136 Å². The summed E-state index contributed by atoms with van der Waals surface area (Å²) in [6.07, 6.45) is 1.56. The minimum Gasteiger partial charge on any atom is -0.335 e. The summed E-state index contributed by atoms with van der Waals surface area (Å²) in [7, 11) is 0.491. The van der Waals surface area contributed by atoms with E-state index in [1.807, 2.05) is 0 Å². The highest BCUT2D eigenvalue weighted by Gasteiger charge is 2.20. The largest absolute Gasteiger partial charge is 0.335 e. The lowest BCUT2D eigenvalue weighted by molar-refractivity contribution is 0.0742. The Morgan fingerprint density at radius 3 is 2.22 bits per heavy atom. The van der Waals surface area contributed by atoms with Gasteiger partial charge < -0.3 is 4.90 Å². The SMILES string of the molecule is CC(c1ccc(F)c(F)c1)N(C)C(=O)c1ccc(S(C)=O)cc1. The molecule has 0 fully saturated rings. The molecule has 0 saturated heterocycles. The van der Waals surface area contributed by atoms with Crippen LogP contribution in [0.4, 0.5) is 8.78 Å². The monoisotopic (exact) mass is 337 g/mol. The molecule has 0 bridgehead atoms. The fourth-order valence-electron chi connectivity index (χ4n) is 2.16. The molecular formula is C17H17F2NO2S. The summed E-state index contributed by atoms with van der Waals surface area (Å²) in [4.78, 5) is 14.6. The molecule has 0 saturated carbocycles. The second-order valence-corrected chi connectivity index (χ2v) is 6.62. The van der Waals surface area contributed by atoms with Gasteiger partial charge in [-0.2, -0.15) is 0 Å². The average molecular weight is 337 g/mol. The van der Waals surface area contributed by atoms with E-state index in [4.69, 9.17) is 0 Å². The molecule has 0 radical (unpaired) electrons. The summed E-state index contributed by atoms with van der Waals surface area (Å²) in [6, 6.07) is 9.66. The van der Waals surface area contributed by atoms with Gasteiger partial charge in [-0.1, -0.05) is 6.07 Å². The number of carbonyl (C=O) groups excluding carboxylic acids is 1. The van der Waals surface area contributed by atoms with Gasteiger partial charge >= 0.3 is 0 Å². The van der Waals surface area contributed by atoms with Gasteiger partial charge in [0.25, 0.3) is 5.91 Å². The second-order valence-electron chi connectivity index (χ2n) is 5.24. The van der Waals surface area contributed by atoms with Crippen molar-refractivity contribution < 1.29 is 17.8 Å². The lowest BCUT2D eigenvalue weighted by atomic mass is 10.1. The Morgan fingerprint density at radius 1 is 1.09 bits per heavy atom. The summed E-state index contributed by atoms with van der Waals surface area (Å²) in [6.45, 7) is 1.74. The molecule has 0 aliphatic heterocycles. The smallest absolute Gasteiger partial charge is 0.254 e. The van der Waals surface area contributed by atoms with Gasteiger partial charge in [-0.05, 0) is 48.9 Å². The summed E-state index contributed by atoms with van der Waals surface area (Å²) < 4.78 is 37.7. The van der Waals surface area contributed by atoms with E-state index in [2.05, 4.69) is 0 Å². The Balaban J connectivity index is 2.20. The standard InChI is InChI=1S/C17H17F2NO2S/c1-11(13-6-9-15(18)16(19)10-13)20(2)17(21)12-4-7-14(8-5-12)23(3)22/h4-11H,1-3H3. The number of amides is 1. The van der Waals surface area contributed by atoms with Crippen molar-refractivity contribution in [2.45, 2.75) is 17.9 Å². The van der Waals surface area contributed by atoms with Crippen LogP contribution < -0.4 is 0 Å². The minimum absolute atomic E-state index is 0.254. The zero-order valence-corrected chi connectivity index (χ0v) is 13.9. The molecule has 0 aromatic heterocycles. The van der Waals surface area contributed by atoms with Gasteiger partial charge in [0.15, 0.2) is 11.6 Å². The number of benzene rings is 2. The molecule has 2 aromatic rings. The van der Waals surface area contributed by atoms with Crippen molar-refractivity contribution in [3.8, 4) is 0 Å². The fraction of sp³-hybridized carbons (Fsp3) is 0.235. The van der Waals surface area contributed by atoms with Crippen molar-refractivity contribution >= 4 is 16.7 Å². The van der Waals surface area contributed by atoms with Crippen LogP contribution in [0.3, 0.4) is 0 Å². The maximum Gasteiger partial charge on any atom is 0.254 e. The number of nitrogens with zero attached hydrogens (tertiary/aromatic N) is 1. The van der Waals surface area contributed by atoms with Crippen LogP contribution in [0.2, 0.25) is 0 Å². The van der Waals surface area contributed by atoms with E-state index in [1.54, 1.807) is 44.5 Å². The van der Waals surface area contributed by atoms with Gasteiger partial charge in [0.1, 0.15) is 0 Å². The number of hydrogen-bond donors (Lipinski definition) is 0. The normalized spacial score (nSPS) is 13.4. The molecule has 2 atom stereocenters. The number of carbonyl (C=O) groups is 1. The third-order valence-electron chi connectivity index (χ3n) is 3.76. The first-order valence-corrected chi connectivity index (χ1v) is 8.52. The maximum atomic E-state index is 13.3. The molecule has 0 aliphatic carbocycles.